The zero-order valence-electron chi connectivity index (χ0n) is 22.1. The Labute approximate surface area is 200 Å². The van der Waals surface area contributed by atoms with Crippen LogP contribution in [-0.4, -0.2) is 12.0 Å². The first kappa shape index (κ1) is 32.0. The first-order chi connectivity index (χ1) is 15.6. The molecule has 0 aliphatic carbocycles. The molecule has 0 fully saturated rings. The van der Waals surface area contributed by atoms with E-state index in [0.29, 0.717) is 0 Å². The second-order valence-electron chi connectivity index (χ2n) is 7.66. The average Bonchev–Trinajstić information content (AvgIpc) is 2.85. The molecule has 0 aliphatic rings. The Morgan fingerprint density at radius 3 is 2.03 bits per heavy atom. The largest absolute Gasteiger partial charge is 0.333 e. The highest BCUT2D eigenvalue weighted by Gasteiger charge is 2.18. The molecule has 1 aromatic carbocycles. The van der Waals surface area contributed by atoms with Crippen LogP contribution in [-0.2, 0) is 6.42 Å². The summed E-state index contributed by atoms with van der Waals surface area (Å²) >= 11 is 0. The third kappa shape index (κ3) is 11.4. The van der Waals surface area contributed by atoms with E-state index in [4.69, 9.17) is 0 Å². The zero-order chi connectivity index (χ0) is 24.9. The summed E-state index contributed by atoms with van der Waals surface area (Å²) < 4.78 is 0. The second-order valence-corrected chi connectivity index (χ2v) is 7.66. The molecule has 2 rings (SSSR count). The van der Waals surface area contributed by atoms with Crippen LogP contribution in [0, 0.1) is 25.7 Å². The number of rotatable bonds is 10. The molecule has 2 unspecified atom stereocenters. The number of benzene rings is 1. The van der Waals surface area contributed by atoms with Crippen molar-refractivity contribution in [2.45, 2.75) is 80.1 Å². The van der Waals surface area contributed by atoms with E-state index in [1.807, 2.05) is 20.0 Å². The summed E-state index contributed by atoms with van der Waals surface area (Å²) in [5.74, 6) is 1.59. The molecule has 0 saturated carbocycles. The lowest BCUT2D eigenvalue weighted by atomic mass is 9.80. The number of allylic oxidation sites excluding steroid dienone is 1. The number of nitrogens with zero attached hydrogens (tertiary/aromatic N) is 1. The van der Waals surface area contributed by atoms with Crippen molar-refractivity contribution in [2.75, 3.05) is 7.05 Å². The molecule has 0 aliphatic heterocycles. The predicted molar refractivity (Wildman–Crippen MR) is 147 cm³/mol. The van der Waals surface area contributed by atoms with E-state index in [9.17, 15) is 0 Å². The van der Waals surface area contributed by atoms with Crippen LogP contribution in [0.4, 0.5) is 0 Å². The Kier molecular flexibility index (Phi) is 20.7. The fourth-order valence-electron chi connectivity index (χ4n) is 4.09. The minimum atomic E-state index is 0.783. The van der Waals surface area contributed by atoms with Crippen molar-refractivity contribution in [1.29, 1.82) is 0 Å². The first-order valence-electron chi connectivity index (χ1n) is 12.3. The van der Waals surface area contributed by atoms with E-state index in [1.54, 1.807) is 0 Å². The highest BCUT2D eigenvalue weighted by atomic mass is 14.7. The van der Waals surface area contributed by atoms with Gasteiger partial charge in [0.25, 0.3) is 0 Å². The van der Waals surface area contributed by atoms with Gasteiger partial charge in [-0.2, -0.15) is 0 Å². The maximum absolute atomic E-state index is 4.62. The van der Waals surface area contributed by atoms with E-state index < -0.39 is 0 Å². The van der Waals surface area contributed by atoms with Crippen molar-refractivity contribution >= 4 is 0 Å². The van der Waals surface area contributed by atoms with E-state index in [2.05, 4.69) is 94.6 Å². The maximum Gasteiger partial charge on any atom is 0.0731 e. The minimum absolute atomic E-state index is 0.783. The number of aromatic nitrogens is 1. The number of pyridine rings is 1. The molecule has 0 spiro atoms. The quantitative estimate of drug-likeness (QED) is 0.377. The molecule has 0 saturated heterocycles. The van der Waals surface area contributed by atoms with Gasteiger partial charge in [-0.05, 0) is 68.7 Å². The van der Waals surface area contributed by atoms with E-state index in [-0.39, 0.29) is 0 Å². The summed E-state index contributed by atoms with van der Waals surface area (Å²) in [5.41, 5.74) is 10.7. The van der Waals surface area contributed by atoms with Crippen molar-refractivity contribution in [3.63, 3.8) is 0 Å². The number of nitrogens with two attached hydrogens (primary N) is 1. The molecule has 2 atom stereocenters. The predicted octanol–water partition coefficient (Wildman–Crippen LogP) is 8.72. The number of hydrogen-bond donors (Lipinski definition) is 1. The lowest BCUT2D eigenvalue weighted by Crippen LogP contribution is -2.14. The van der Waals surface area contributed by atoms with Gasteiger partial charge in [-0.25, -0.2) is 0 Å². The topological polar surface area (TPSA) is 38.9 Å². The Morgan fingerprint density at radius 1 is 0.969 bits per heavy atom. The maximum atomic E-state index is 4.62. The third-order valence-electron chi connectivity index (χ3n) is 5.57. The van der Waals surface area contributed by atoms with Gasteiger partial charge in [0.15, 0.2) is 0 Å². The van der Waals surface area contributed by atoms with Crippen LogP contribution < -0.4 is 5.73 Å². The molecule has 32 heavy (non-hydrogen) atoms. The normalized spacial score (nSPS) is 11.4. The van der Waals surface area contributed by atoms with E-state index in [1.165, 1.54) is 61.4 Å². The van der Waals surface area contributed by atoms with Gasteiger partial charge in [-0.15, -0.1) is 19.7 Å². The van der Waals surface area contributed by atoms with Gasteiger partial charge in [-0.3, -0.25) is 4.98 Å². The molecule has 0 bridgehead atoms. The summed E-state index contributed by atoms with van der Waals surface area (Å²) in [6.07, 6.45) is 11.5. The Bertz CT molecular complexity index is 703. The molecule has 1 heterocycles. The molecule has 1 aromatic heterocycles. The van der Waals surface area contributed by atoms with Crippen molar-refractivity contribution in [3.05, 3.63) is 79.0 Å². The summed E-state index contributed by atoms with van der Waals surface area (Å²) in [7, 11) is 1.50. The smallest absolute Gasteiger partial charge is 0.0731 e. The first-order valence-corrected chi connectivity index (χ1v) is 12.3. The summed E-state index contributed by atoms with van der Waals surface area (Å²) in [4.78, 5) is 4.62. The fraction of sp³-hybridized carbons (Fsp3) is 0.500. The monoisotopic (exact) mass is 438 g/mol. The highest BCUT2D eigenvalue weighted by molar-refractivity contribution is 5.63. The third-order valence-corrected chi connectivity index (χ3v) is 5.57. The van der Waals surface area contributed by atoms with Crippen molar-refractivity contribution in [3.8, 4) is 11.3 Å². The second kappa shape index (κ2) is 20.7. The summed E-state index contributed by atoms with van der Waals surface area (Å²) in [6.45, 7) is 22.8. The molecule has 0 amide bonds. The van der Waals surface area contributed by atoms with Crippen LogP contribution in [0.3, 0.4) is 0 Å². The molecular weight excluding hydrogens is 388 g/mol. The standard InChI is InChI=1S/C25H35N.C2H6.C2H4.CH5N/c1-6-9-22(8-3)23(10-7-2)14-11-21-12-15-24(16-13-21)25-20(5)17-19(4)18-26-25;3*1-2/h6,12-13,15-18,22-23H,1,7-11,14H2,2-5H3;1-2H3;1-2H2;2H2,1H3. The molecule has 180 valence electrons. The molecule has 2 nitrogen and oxygen atoms in total. The van der Waals surface area contributed by atoms with Gasteiger partial charge >= 0.3 is 0 Å². The SMILES string of the molecule is C=C.C=CCC(CC)C(CCC)CCc1ccc(-c2ncc(C)cc2C)cc1.CC.CN. The van der Waals surface area contributed by atoms with Gasteiger partial charge < -0.3 is 5.73 Å². The molecule has 2 aromatic rings. The lowest BCUT2D eigenvalue weighted by molar-refractivity contribution is 0.285. The Balaban J connectivity index is 0. The van der Waals surface area contributed by atoms with Crippen LogP contribution in [0.1, 0.15) is 76.5 Å². The van der Waals surface area contributed by atoms with Crippen LogP contribution in [0.15, 0.2) is 62.3 Å². The highest BCUT2D eigenvalue weighted by Crippen LogP contribution is 2.29. The van der Waals surface area contributed by atoms with Crippen LogP contribution in [0.5, 0.6) is 0 Å². The van der Waals surface area contributed by atoms with Gasteiger partial charge in [-0.1, -0.05) is 83.4 Å². The lowest BCUT2D eigenvalue weighted by Gasteiger charge is -2.25. The molecule has 2 N–H and O–H groups in total. The zero-order valence-corrected chi connectivity index (χ0v) is 22.1. The average molecular weight is 439 g/mol. The van der Waals surface area contributed by atoms with Crippen LogP contribution in [0.2, 0.25) is 0 Å². The summed E-state index contributed by atoms with van der Waals surface area (Å²) in [6, 6.07) is 11.2. The van der Waals surface area contributed by atoms with Crippen molar-refractivity contribution in [1.82, 2.24) is 4.98 Å². The fourth-order valence-corrected chi connectivity index (χ4v) is 4.09. The van der Waals surface area contributed by atoms with Crippen LogP contribution in [0.25, 0.3) is 11.3 Å². The van der Waals surface area contributed by atoms with Gasteiger partial charge in [0, 0.05) is 11.8 Å². The molecule has 2 heteroatoms. The Morgan fingerprint density at radius 2 is 1.56 bits per heavy atom. The summed E-state index contributed by atoms with van der Waals surface area (Å²) in [5, 5.41) is 0. The van der Waals surface area contributed by atoms with Crippen molar-refractivity contribution < 1.29 is 0 Å². The molecule has 0 radical (unpaired) electrons. The van der Waals surface area contributed by atoms with Gasteiger partial charge in [0.05, 0.1) is 5.69 Å². The number of hydrogen-bond acceptors (Lipinski definition) is 2. The van der Waals surface area contributed by atoms with Crippen molar-refractivity contribution in [2.24, 2.45) is 17.6 Å². The number of aryl methyl sites for hydroxylation is 3. The Hall–Kier alpha value is -2.19. The van der Waals surface area contributed by atoms with Crippen LogP contribution >= 0.6 is 0 Å². The van der Waals surface area contributed by atoms with Gasteiger partial charge in [0.1, 0.15) is 0 Å². The van der Waals surface area contributed by atoms with E-state index >= 15 is 0 Å². The van der Waals surface area contributed by atoms with Gasteiger partial charge in [0.2, 0.25) is 0 Å². The molecular formula is C30H50N2. The van der Waals surface area contributed by atoms with E-state index in [0.717, 1.165) is 24.0 Å². The minimum Gasteiger partial charge on any atom is -0.333 e.